The lowest BCUT2D eigenvalue weighted by molar-refractivity contribution is 0.270. The van der Waals surface area contributed by atoms with Crippen LogP contribution < -0.4 is 4.72 Å². The van der Waals surface area contributed by atoms with Crippen molar-refractivity contribution in [1.29, 1.82) is 0 Å². The molecule has 0 unspecified atom stereocenters. The lowest BCUT2D eigenvalue weighted by Crippen LogP contribution is -2.43. The van der Waals surface area contributed by atoms with Crippen molar-refractivity contribution in [2.75, 3.05) is 0 Å². The molecule has 1 saturated carbocycles. The van der Waals surface area contributed by atoms with Crippen molar-refractivity contribution in [1.82, 2.24) is 9.71 Å². The molecule has 1 aliphatic rings. The summed E-state index contributed by atoms with van der Waals surface area (Å²) in [5.41, 5.74) is 0. The Kier molecular flexibility index (Phi) is 2.94. The lowest BCUT2D eigenvalue weighted by atomic mass is 9.83. The number of hydrogen-bond acceptors (Lipinski definition) is 3. The fourth-order valence-corrected chi connectivity index (χ4v) is 3.11. The predicted octanol–water partition coefficient (Wildman–Crippen LogP) is 1.30. The smallest absolute Gasteiger partial charge is 0.241 e. The summed E-state index contributed by atoms with van der Waals surface area (Å²) in [5, 5.41) is -0.519. The van der Waals surface area contributed by atoms with Crippen molar-refractivity contribution in [2.24, 2.45) is 5.92 Å². The van der Waals surface area contributed by atoms with Crippen LogP contribution in [0.5, 0.6) is 0 Å². The Morgan fingerprint density at radius 2 is 2.19 bits per heavy atom. The molecule has 88 valence electrons. The van der Waals surface area contributed by atoms with E-state index < -0.39 is 20.9 Å². The zero-order valence-corrected chi connectivity index (χ0v) is 9.67. The molecular weight excluding hydrogens is 231 g/mol. The molecule has 1 aromatic heterocycles. The zero-order chi connectivity index (χ0) is 11.8. The normalized spacial score (nSPS) is 25.1. The molecule has 0 bridgehead atoms. The molecule has 2 rings (SSSR count). The van der Waals surface area contributed by atoms with E-state index in [9.17, 15) is 12.8 Å². The minimum Gasteiger partial charge on any atom is -0.241 e. The second-order valence-electron chi connectivity index (χ2n) is 4.19. The first kappa shape index (κ1) is 11.5. The lowest BCUT2D eigenvalue weighted by Gasteiger charge is -2.32. The molecular formula is C10H13FN2O2S. The van der Waals surface area contributed by atoms with E-state index in [1.165, 1.54) is 12.3 Å². The molecule has 1 aromatic rings. The van der Waals surface area contributed by atoms with Crippen molar-refractivity contribution >= 4 is 10.0 Å². The molecule has 4 nitrogen and oxygen atoms in total. The van der Waals surface area contributed by atoms with Gasteiger partial charge in [0.1, 0.15) is 0 Å². The summed E-state index contributed by atoms with van der Waals surface area (Å²) in [6.07, 6.45) is 2.86. The van der Waals surface area contributed by atoms with Crippen molar-refractivity contribution in [3.63, 3.8) is 0 Å². The van der Waals surface area contributed by atoms with Gasteiger partial charge in [0.15, 0.2) is 5.82 Å². The summed E-state index contributed by atoms with van der Waals surface area (Å²) in [7, 11) is -3.81. The minimum atomic E-state index is -3.81. The van der Waals surface area contributed by atoms with Crippen LogP contribution in [-0.2, 0) is 10.0 Å². The molecule has 1 fully saturated rings. The molecule has 1 N–H and O–H groups in total. The molecule has 16 heavy (non-hydrogen) atoms. The molecule has 0 aromatic carbocycles. The summed E-state index contributed by atoms with van der Waals surface area (Å²) in [4.78, 5) is 3.55. The summed E-state index contributed by atoms with van der Waals surface area (Å²) in [6, 6.07) is 2.37. The number of pyridine rings is 1. The van der Waals surface area contributed by atoms with E-state index in [2.05, 4.69) is 9.71 Å². The van der Waals surface area contributed by atoms with Crippen LogP contribution in [0.3, 0.4) is 0 Å². The molecule has 0 saturated heterocycles. The van der Waals surface area contributed by atoms with Gasteiger partial charge in [-0.05, 0) is 30.9 Å². The van der Waals surface area contributed by atoms with Crippen molar-refractivity contribution < 1.29 is 12.8 Å². The van der Waals surface area contributed by atoms with Crippen LogP contribution in [0.2, 0.25) is 0 Å². The summed E-state index contributed by atoms with van der Waals surface area (Å²) >= 11 is 0. The van der Waals surface area contributed by atoms with E-state index in [4.69, 9.17) is 0 Å². The fraction of sp³-hybridized carbons (Fsp3) is 0.500. The highest BCUT2D eigenvalue weighted by Crippen LogP contribution is 2.27. The van der Waals surface area contributed by atoms with E-state index in [1.54, 1.807) is 0 Å². The topological polar surface area (TPSA) is 59.1 Å². The van der Waals surface area contributed by atoms with Gasteiger partial charge in [0.05, 0.1) is 0 Å². The zero-order valence-electron chi connectivity index (χ0n) is 8.85. The quantitative estimate of drug-likeness (QED) is 0.871. The maximum atomic E-state index is 13.3. The van der Waals surface area contributed by atoms with Crippen LogP contribution >= 0.6 is 0 Å². The van der Waals surface area contributed by atoms with Gasteiger partial charge in [0, 0.05) is 12.2 Å². The van der Waals surface area contributed by atoms with Crippen LogP contribution in [0.4, 0.5) is 4.39 Å². The average Bonchev–Trinajstić information content (AvgIpc) is 2.15. The summed E-state index contributed by atoms with van der Waals surface area (Å²) in [5.74, 6) is -0.288. The summed E-state index contributed by atoms with van der Waals surface area (Å²) in [6.45, 7) is 2.05. The van der Waals surface area contributed by atoms with Crippen LogP contribution in [0.15, 0.2) is 23.4 Å². The number of nitrogens with one attached hydrogen (secondary N) is 1. The molecule has 0 spiro atoms. The SMILES string of the molecule is CC1CC(NS(=O)(=O)c2ncccc2F)C1. The Morgan fingerprint density at radius 3 is 2.75 bits per heavy atom. The number of sulfonamides is 1. The Bertz CT molecular complexity index is 483. The minimum absolute atomic E-state index is 0.0820. The molecule has 0 atom stereocenters. The number of halogens is 1. The Hall–Kier alpha value is -1.01. The van der Waals surface area contributed by atoms with Gasteiger partial charge in [-0.1, -0.05) is 6.92 Å². The first-order valence-corrected chi connectivity index (χ1v) is 6.60. The first-order valence-electron chi connectivity index (χ1n) is 5.12. The second-order valence-corrected chi connectivity index (χ2v) is 5.81. The maximum Gasteiger partial charge on any atom is 0.261 e. The molecule has 1 aliphatic carbocycles. The highest BCUT2D eigenvalue weighted by atomic mass is 32.2. The fourth-order valence-electron chi connectivity index (χ4n) is 1.84. The van der Waals surface area contributed by atoms with Gasteiger partial charge in [0.25, 0.3) is 10.0 Å². The molecule has 0 aliphatic heterocycles. The van der Waals surface area contributed by atoms with Gasteiger partial charge >= 0.3 is 0 Å². The van der Waals surface area contributed by atoms with Gasteiger partial charge in [0.2, 0.25) is 5.03 Å². The third-order valence-electron chi connectivity index (χ3n) is 2.67. The number of nitrogens with zero attached hydrogens (tertiary/aromatic N) is 1. The molecule has 0 radical (unpaired) electrons. The molecule has 0 amide bonds. The third kappa shape index (κ3) is 2.22. The largest absolute Gasteiger partial charge is 0.261 e. The van der Waals surface area contributed by atoms with Crippen LogP contribution in [0.1, 0.15) is 19.8 Å². The maximum absolute atomic E-state index is 13.3. The van der Waals surface area contributed by atoms with Gasteiger partial charge < -0.3 is 0 Å². The Morgan fingerprint density at radius 1 is 1.50 bits per heavy atom. The average molecular weight is 244 g/mol. The molecule has 6 heteroatoms. The third-order valence-corrected chi connectivity index (χ3v) is 4.13. The highest BCUT2D eigenvalue weighted by molar-refractivity contribution is 7.89. The van der Waals surface area contributed by atoms with Crippen LogP contribution in [-0.4, -0.2) is 19.4 Å². The highest BCUT2D eigenvalue weighted by Gasteiger charge is 2.31. The van der Waals surface area contributed by atoms with E-state index in [0.717, 1.165) is 18.9 Å². The summed E-state index contributed by atoms with van der Waals surface area (Å²) < 4.78 is 39.2. The standard InChI is InChI=1S/C10H13FN2O2S/c1-7-5-8(6-7)13-16(14,15)10-9(11)3-2-4-12-10/h2-4,7-8,13H,5-6H2,1H3. The van der Waals surface area contributed by atoms with Crippen LogP contribution in [0.25, 0.3) is 0 Å². The van der Waals surface area contributed by atoms with Gasteiger partial charge in [-0.15, -0.1) is 0 Å². The van der Waals surface area contributed by atoms with E-state index >= 15 is 0 Å². The molecule has 1 heterocycles. The van der Waals surface area contributed by atoms with Gasteiger partial charge in [-0.3, -0.25) is 0 Å². The Labute approximate surface area is 93.9 Å². The van der Waals surface area contributed by atoms with Gasteiger partial charge in [-0.2, -0.15) is 0 Å². The van der Waals surface area contributed by atoms with E-state index in [1.807, 2.05) is 6.92 Å². The van der Waals surface area contributed by atoms with Gasteiger partial charge in [-0.25, -0.2) is 22.5 Å². The van der Waals surface area contributed by atoms with Crippen molar-refractivity contribution in [3.05, 3.63) is 24.1 Å². The monoisotopic (exact) mass is 244 g/mol. The number of rotatable bonds is 3. The van der Waals surface area contributed by atoms with Crippen molar-refractivity contribution in [2.45, 2.75) is 30.8 Å². The van der Waals surface area contributed by atoms with E-state index in [-0.39, 0.29) is 6.04 Å². The number of hydrogen-bond donors (Lipinski definition) is 1. The first-order chi connectivity index (χ1) is 7.49. The number of aromatic nitrogens is 1. The van der Waals surface area contributed by atoms with Crippen molar-refractivity contribution in [3.8, 4) is 0 Å². The predicted molar refractivity (Wildman–Crippen MR) is 56.7 cm³/mol. The second kappa shape index (κ2) is 4.10. The Balaban J connectivity index is 2.16. The van der Waals surface area contributed by atoms with Crippen LogP contribution in [0, 0.1) is 11.7 Å². The van der Waals surface area contributed by atoms with E-state index in [0.29, 0.717) is 5.92 Å².